The lowest BCUT2D eigenvalue weighted by Crippen LogP contribution is -2.36. The average Bonchev–Trinajstić information content (AvgIpc) is 3.05. The molecule has 3 heterocycles. The maximum atomic E-state index is 12.7. The highest BCUT2D eigenvalue weighted by Crippen LogP contribution is 2.34. The lowest BCUT2D eigenvalue weighted by atomic mass is 9.87. The molecule has 1 aromatic carbocycles. The highest BCUT2D eigenvalue weighted by molar-refractivity contribution is 6.06. The molecule has 4 rings (SSSR count). The van der Waals surface area contributed by atoms with Crippen LogP contribution in [0.3, 0.4) is 0 Å². The minimum absolute atomic E-state index is 0.0209. The second kappa shape index (κ2) is 7.12. The number of rotatable bonds is 3. The number of amides is 1. The van der Waals surface area contributed by atoms with E-state index in [-0.39, 0.29) is 19.1 Å². The first-order chi connectivity index (χ1) is 13.1. The fraction of sp³-hybridized carbons (Fsp3) is 0.381. The number of allylic oxidation sites excluding steroid dienone is 1. The van der Waals surface area contributed by atoms with Gasteiger partial charge in [-0.05, 0) is 23.5 Å². The largest absolute Gasteiger partial charge is 0.396 e. The van der Waals surface area contributed by atoms with Crippen molar-refractivity contribution in [2.45, 2.75) is 32.6 Å². The first kappa shape index (κ1) is 17.7. The second-order valence-corrected chi connectivity index (χ2v) is 7.27. The van der Waals surface area contributed by atoms with Gasteiger partial charge in [-0.25, -0.2) is 4.98 Å². The summed E-state index contributed by atoms with van der Waals surface area (Å²) < 4.78 is 1.83. The van der Waals surface area contributed by atoms with Crippen molar-refractivity contribution in [2.24, 2.45) is 4.99 Å². The number of aliphatic imine (C=N–C) groups is 1. The summed E-state index contributed by atoms with van der Waals surface area (Å²) in [5.74, 6) is 1.16. The maximum absolute atomic E-state index is 12.7. The highest BCUT2D eigenvalue weighted by Gasteiger charge is 2.29. The lowest BCUT2D eigenvalue weighted by molar-refractivity contribution is -0.126. The Hall–Kier alpha value is -2.73. The van der Waals surface area contributed by atoms with Gasteiger partial charge in [0.1, 0.15) is 18.7 Å². The summed E-state index contributed by atoms with van der Waals surface area (Å²) in [5.41, 5.74) is 5.51. The minimum atomic E-state index is 0.0209. The molecule has 1 amide bonds. The molecule has 2 aliphatic rings. The minimum Gasteiger partial charge on any atom is -0.396 e. The topological polar surface area (TPSA) is 70.7 Å². The first-order valence-electron chi connectivity index (χ1n) is 9.41. The zero-order chi connectivity index (χ0) is 19.0. The summed E-state index contributed by atoms with van der Waals surface area (Å²) in [5, 5.41) is 9.11. The van der Waals surface area contributed by atoms with E-state index in [2.05, 4.69) is 42.0 Å². The monoisotopic (exact) mass is 364 g/mol. The Morgan fingerprint density at radius 1 is 1.30 bits per heavy atom. The number of aromatic nitrogens is 2. The van der Waals surface area contributed by atoms with Crippen LogP contribution in [0.4, 0.5) is 0 Å². The summed E-state index contributed by atoms with van der Waals surface area (Å²) in [6.45, 7) is 5.28. The molecule has 6 nitrogen and oxygen atoms in total. The Morgan fingerprint density at radius 3 is 2.93 bits per heavy atom. The summed E-state index contributed by atoms with van der Waals surface area (Å²) in [4.78, 5) is 23.4. The zero-order valence-corrected chi connectivity index (χ0v) is 15.7. The van der Waals surface area contributed by atoms with Crippen LogP contribution in [0.5, 0.6) is 0 Å². The number of fused-ring (bicyclic) bond motifs is 3. The van der Waals surface area contributed by atoms with Crippen molar-refractivity contribution in [2.75, 3.05) is 19.7 Å². The standard InChI is InChI=1S/C21H24N4O2/c1-14(2)16-4-3-5-18-17(16)6-8-25-19(18)10-20(22-11-21(25)27)24-12-15(7-9-26)23-13-24/h3-5,10,12-14,26H,6-9,11H2,1-2H3. The first-order valence-corrected chi connectivity index (χ1v) is 9.41. The lowest BCUT2D eigenvalue weighted by Gasteiger charge is -2.32. The fourth-order valence-electron chi connectivity index (χ4n) is 3.86. The molecule has 0 unspecified atom stereocenters. The molecule has 2 aromatic rings. The van der Waals surface area contributed by atoms with E-state index in [9.17, 15) is 4.79 Å². The quantitative estimate of drug-likeness (QED) is 0.908. The van der Waals surface area contributed by atoms with Gasteiger partial charge in [0.05, 0.1) is 11.4 Å². The number of benzene rings is 1. The highest BCUT2D eigenvalue weighted by atomic mass is 16.3. The molecule has 6 heteroatoms. The normalized spacial score (nSPS) is 16.6. The van der Waals surface area contributed by atoms with Gasteiger partial charge in [0, 0.05) is 37.4 Å². The molecular weight excluding hydrogens is 340 g/mol. The third kappa shape index (κ3) is 3.21. The predicted molar refractivity (Wildman–Crippen MR) is 105 cm³/mol. The van der Waals surface area contributed by atoms with E-state index in [1.807, 2.05) is 21.7 Å². The molecule has 0 saturated heterocycles. The molecule has 1 aromatic heterocycles. The molecule has 0 bridgehead atoms. The molecular formula is C21H24N4O2. The van der Waals surface area contributed by atoms with Gasteiger partial charge in [-0.3, -0.25) is 14.4 Å². The fourth-order valence-corrected chi connectivity index (χ4v) is 3.86. The van der Waals surface area contributed by atoms with Crippen LogP contribution in [0.2, 0.25) is 0 Å². The third-order valence-electron chi connectivity index (χ3n) is 5.20. The molecule has 2 aliphatic heterocycles. The Labute approximate surface area is 158 Å². The van der Waals surface area contributed by atoms with Crippen molar-refractivity contribution >= 4 is 17.4 Å². The van der Waals surface area contributed by atoms with Crippen LogP contribution in [0.25, 0.3) is 5.70 Å². The Bertz CT molecular complexity index is 939. The Kier molecular flexibility index (Phi) is 4.66. The van der Waals surface area contributed by atoms with Crippen molar-refractivity contribution < 1.29 is 9.90 Å². The predicted octanol–water partition coefficient (Wildman–Crippen LogP) is 2.23. The van der Waals surface area contributed by atoms with Gasteiger partial charge < -0.3 is 10.0 Å². The number of aliphatic hydroxyl groups excluding tert-OH is 1. The number of carbonyl (C=O) groups excluding carboxylic acids is 1. The molecule has 27 heavy (non-hydrogen) atoms. The zero-order valence-electron chi connectivity index (χ0n) is 15.7. The summed E-state index contributed by atoms with van der Waals surface area (Å²) in [6.07, 6.45) is 6.91. The third-order valence-corrected chi connectivity index (χ3v) is 5.20. The number of aliphatic hydroxyl groups is 1. The maximum Gasteiger partial charge on any atom is 0.248 e. The van der Waals surface area contributed by atoms with Gasteiger partial charge in [0.25, 0.3) is 0 Å². The van der Waals surface area contributed by atoms with Crippen molar-refractivity contribution in [3.63, 3.8) is 0 Å². The number of carbonyl (C=O) groups is 1. The van der Waals surface area contributed by atoms with Crippen molar-refractivity contribution in [3.8, 4) is 0 Å². The van der Waals surface area contributed by atoms with Gasteiger partial charge in [0.15, 0.2) is 0 Å². The van der Waals surface area contributed by atoms with Crippen LogP contribution in [0.1, 0.15) is 42.1 Å². The SMILES string of the molecule is CC(C)c1cccc2c1CCN1C(=O)CN=C(n3cnc(CCO)c3)C=C21. The number of hydrogen-bond donors (Lipinski definition) is 1. The van der Waals surface area contributed by atoms with E-state index < -0.39 is 0 Å². The number of imidazole rings is 1. The van der Waals surface area contributed by atoms with Crippen molar-refractivity contribution in [1.29, 1.82) is 0 Å². The average molecular weight is 364 g/mol. The Morgan fingerprint density at radius 2 is 2.15 bits per heavy atom. The molecule has 0 atom stereocenters. The Balaban J connectivity index is 1.80. The van der Waals surface area contributed by atoms with E-state index in [4.69, 9.17) is 5.11 Å². The summed E-state index contributed by atoms with van der Waals surface area (Å²) in [7, 11) is 0. The van der Waals surface area contributed by atoms with E-state index in [0.29, 0.717) is 24.7 Å². The smallest absolute Gasteiger partial charge is 0.248 e. The van der Waals surface area contributed by atoms with E-state index in [1.54, 1.807) is 6.33 Å². The van der Waals surface area contributed by atoms with Gasteiger partial charge in [-0.2, -0.15) is 0 Å². The van der Waals surface area contributed by atoms with Gasteiger partial charge in [-0.1, -0.05) is 32.0 Å². The molecule has 140 valence electrons. The van der Waals surface area contributed by atoms with Gasteiger partial charge >= 0.3 is 0 Å². The number of nitrogens with zero attached hydrogens (tertiary/aromatic N) is 4. The molecule has 0 fully saturated rings. The van der Waals surface area contributed by atoms with Crippen LogP contribution in [-0.2, 0) is 17.6 Å². The van der Waals surface area contributed by atoms with Crippen LogP contribution in [0.15, 0.2) is 41.8 Å². The van der Waals surface area contributed by atoms with Crippen LogP contribution < -0.4 is 0 Å². The molecule has 1 N–H and O–H groups in total. The van der Waals surface area contributed by atoms with E-state index >= 15 is 0 Å². The molecule has 0 saturated carbocycles. The van der Waals surface area contributed by atoms with Crippen LogP contribution in [-0.4, -0.2) is 51.0 Å². The van der Waals surface area contributed by atoms with Gasteiger partial charge in [-0.15, -0.1) is 0 Å². The molecule has 0 spiro atoms. The molecule has 0 aliphatic carbocycles. The summed E-state index contributed by atoms with van der Waals surface area (Å²) in [6, 6.07) is 6.35. The van der Waals surface area contributed by atoms with Crippen molar-refractivity contribution in [3.05, 3.63) is 59.2 Å². The second-order valence-electron chi connectivity index (χ2n) is 7.27. The van der Waals surface area contributed by atoms with E-state index in [0.717, 1.165) is 23.4 Å². The molecule has 0 radical (unpaired) electrons. The van der Waals surface area contributed by atoms with Gasteiger partial charge in [0.2, 0.25) is 5.91 Å². The van der Waals surface area contributed by atoms with Crippen LogP contribution in [0, 0.1) is 0 Å². The summed E-state index contributed by atoms with van der Waals surface area (Å²) >= 11 is 0. The van der Waals surface area contributed by atoms with Crippen LogP contribution >= 0.6 is 0 Å². The van der Waals surface area contributed by atoms with Crippen molar-refractivity contribution in [1.82, 2.24) is 14.5 Å². The van der Waals surface area contributed by atoms with E-state index in [1.165, 1.54) is 11.1 Å². The number of hydrogen-bond acceptors (Lipinski definition) is 4.